The van der Waals surface area contributed by atoms with Gasteiger partial charge in [-0.3, -0.25) is 4.98 Å². The number of nitrogen functional groups attached to an aromatic ring is 1. The summed E-state index contributed by atoms with van der Waals surface area (Å²) in [5, 5.41) is 8.90. The second-order valence-corrected chi connectivity index (χ2v) is 4.28. The summed E-state index contributed by atoms with van der Waals surface area (Å²) in [5.74, 6) is -0.587. The van der Waals surface area contributed by atoms with Crippen LogP contribution >= 0.6 is 11.3 Å². The van der Waals surface area contributed by atoms with Gasteiger partial charge in [-0.2, -0.15) is 0 Å². The largest absolute Gasteiger partial charge is 0.488 e. The second kappa shape index (κ2) is 4.84. The van der Waals surface area contributed by atoms with E-state index in [0.29, 0.717) is 12.4 Å². The van der Waals surface area contributed by atoms with Crippen molar-refractivity contribution in [3.05, 3.63) is 40.3 Å². The van der Waals surface area contributed by atoms with E-state index in [0.717, 1.165) is 4.88 Å². The number of hydrogen-bond acceptors (Lipinski definition) is 5. The Balaban J connectivity index is 2.11. The Morgan fingerprint density at radius 3 is 3.00 bits per heavy atom. The maximum absolute atomic E-state index is 10.9. The number of thiazole rings is 1. The molecule has 3 N–H and O–H groups in total. The lowest BCUT2D eigenvalue weighted by Gasteiger charge is -2.06. The molecule has 0 aliphatic carbocycles. The van der Waals surface area contributed by atoms with Gasteiger partial charge in [0.25, 0.3) is 0 Å². The van der Waals surface area contributed by atoms with E-state index in [-0.39, 0.29) is 11.3 Å². The van der Waals surface area contributed by atoms with E-state index in [1.807, 2.05) is 0 Å². The van der Waals surface area contributed by atoms with Gasteiger partial charge >= 0.3 is 5.97 Å². The predicted molar refractivity (Wildman–Crippen MR) is 64.3 cm³/mol. The first-order valence-corrected chi connectivity index (χ1v) is 5.68. The van der Waals surface area contributed by atoms with Crippen LogP contribution in [0.25, 0.3) is 0 Å². The standard InChI is InChI=1S/C11H10N2O3S/c12-10-2-1-7(3-9(10)11(14)15)16-5-8-4-13-6-17-8/h1-4,6H,5,12H2,(H,14,15). The smallest absolute Gasteiger partial charge is 0.337 e. The molecule has 0 atom stereocenters. The summed E-state index contributed by atoms with van der Waals surface area (Å²) in [4.78, 5) is 15.8. The van der Waals surface area contributed by atoms with E-state index in [9.17, 15) is 4.79 Å². The highest BCUT2D eigenvalue weighted by molar-refractivity contribution is 7.09. The minimum Gasteiger partial charge on any atom is -0.488 e. The highest BCUT2D eigenvalue weighted by Gasteiger charge is 2.09. The third-order valence-corrected chi connectivity index (χ3v) is 2.87. The highest BCUT2D eigenvalue weighted by atomic mass is 32.1. The number of benzene rings is 1. The van der Waals surface area contributed by atoms with Gasteiger partial charge in [0.2, 0.25) is 0 Å². The first-order valence-electron chi connectivity index (χ1n) is 4.80. The van der Waals surface area contributed by atoms with E-state index in [2.05, 4.69) is 4.98 Å². The summed E-state index contributed by atoms with van der Waals surface area (Å²) in [5.41, 5.74) is 7.52. The molecule has 5 nitrogen and oxygen atoms in total. The summed E-state index contributed by atoms with van der Waals surface area (Å²) in [6.07, 6.45) is 1.71. The number of hydrogen-bond donors (Lipinski definition) is 2. The molecule has 0 amide bonds. The molecule has 0 aliphatic rings. The number of aromatic carboxylic acids is 1. The number of aromatic nitrogens is 1. The SMILES string of the molecule is Nc1ccc(OCc2cncs2)cc1C(=O)O. The molecule has 1 aromatic carbocycles. The van der Waals surface area contributed by atoms with Crippen molar-refractivity contribution in [2.75, 3.05) is 5.73 Å². The van der Waals surface area contributed by atoms with Crippen LogP contribution in [0.2, 0.25) is 0 Å². The Labute approximate surface area is 101 Å². The zero-order valence-corrected chi connectivity index (χ0v) is 9.61. The molecule has 6 heteroatoms. The van der Waals surface area contributed by atoms with E-state index in [4.69, 9.17) is 15.6 Å². The predicted octanol–water partition coefficient (Wildman–Crippen LogP) is 2.00. The minimum absolute atomic E-state index is 0.0480. The van der Waals surface area contributed by atoms with Crippen molar-refractivity contribution in [3.8, 4) is 5.75 Å². The first kappa shape index (κ1) is 11.4. The summed E-state index contributed by atoms with van der Waals surface area (Å²) in [7, 11) is 0. The molecule has 1 heterocycles. The molecule has 0 spiro atoms. The first-order chi connectivity index (χ1) is 8.16. The Morgan fingerprint density at radius 1 is 1.53 bits per heavy atom. The number of anilines is 1. The topological polar surface area (TPSA) is 85.4 Å². The molecule has 2 rings (SSSR count). The van der Waals surface area contributed by atoms with Crippen molar-refractivity contribution >= 4 is 23.0 Å². The fourth-order valence-electron chi connectivity index (χ4n) is 1.28. The fourth-order valence-corrected chi connectivity index (χ4v) is 1.78. The number of carbonyl (C=O) groups is 1. The zero-order chi connectivity index (χ0) is 12.3. The molecule has 0 unspecified atom stereocenters. The lowest BCUT2D eigenvalue weighted by Crippen LogP contribution is -2.03. The molecule has 0 bridgehead atoms. The second-order valence-electron chi connectivity index (χ2n) is 3.31. The Bertz CT molecular complexity index is 526. The molecule has 0 fully saturated rings. The van der Waals surface area contributed by atoms with Crippen LogP contribution in [0.15, 0.2) is 29.9 Å². The van der Waals surface area contributed by atoms with Gasteiger partial charge in [0.05, 0.1) is 16.0 Å². The van der Waals surface area contributed by atoms with Crippen LogP contribution in [-0.2, 0) is 6.61 Å². The van der Waals surface area contributed by atoms with Crippen LogP contribution in [0.4, 0.5) is 5.69 Å². The van der Waals surface area contributed by atoms with Crippen LogP contribution in [0.5, 0.6) is 5.75 Å². The van der Waals surface area contributed by atoms with Crippen molar-refractivity contribution in [2.45, 2.75) is 6.61 Å². The zero-order valence-electron chi connectivity index (χ0n) is 8.79. The molecule has 2 aromatic rings. The minimum atomic E-state index is -1.06. The number of nitrogens with two attached hydrogens (primary N) is 1. The van der Waals surface area contributed by atoms with E-state index in [1.165, 1.54) is 23.5 Å². The summed E-state index contributed by atoms with van der Waals surface area (Å²) in [6.45, 7) is 0.369. The number of carboxylic acids is 1. The van der Waals surface area contributed by atoms with Gasteiger partial charge in [0, 0.05) is 11.9 Å². The normalized spacial score (nSPS) is 10.1. The summed E-state index contributed by atoms with van der Waals surface area (Å²) in [6, 6.07) is 4.58. The molecule has 17 heavy (non-hydrogen) atoms. The van der Waals surface area contributed by atoms with Crippen molar-refractivity contribution in [1.29, 1.82) is 0 Å². The van der Waals surface area contributed by atoms with Crippen LogP contribution in [-0.4, -0.2) is 16.1 Å². The average molecular weight is 250 g/mol. The maximum atomic E-state index is 10.9. The summed E-state index contributed by atoms with van der Waals surface area (Å²) < 4.78 is 5.45. The third-order valence-electron chi connectivity index (χ3n) is 2.12. The monoisotopic (exact) mass is 250 g/mol. The molecule has 0 radical (unpaired) electrons. The molecule has 88 valence electrons. The van der Waals surface area contributed by atoms with Crippen LogP contribution in [0.3, 0.4) is 0 Å². The van der Waals surface area contributed by atoms with Crippen molar-refractivity contribution < 1.29 is 14.6 Å². The van der Waals surface area contributed by atoms with Gasteiger partial charge < -0.3 is 15.6 Å². The molecular weight excluding hydrogens is 240 g/mol. The lowest BCUT2D eigenvalue weighted by molar-refractivity contribution is 0.0697. The molecular formula is C11H10N2O3S. The number of rotatable bonds is 4. The molecule has 0 saturated carbocycles. The van der Waals surface area contributed by atoms with Crippen LogP contribution in [0, 0.1) is 0 Å². The van der Waals surface area contributed by atoms with Gasteiger partial charge in [0.1, 0.15) is 12.4 Å². The van der Waals surface area contributed by atoms with Crippen molar-refractivity contribution in [3.63, 3.8) is 0 Å². The van der Waals surface area contributed by atoms with Crippen LogP contribution < -0.4 is 10.5 Å². The van der Waals surface area contributed by atoms with E-state index in [1.54, 1.807) is 17.8 Å². The average Bonchev–Trinajstić information content (AvgIpc) is 2.80. The van der Waals surface area contributed by atoms with Gasteiger partial charge in [-0.25, -0.2) is 4.79 Å². The molecule has 0 saturated heterocycles. The Hall–Kier alpha value is -2.08. The van der Waals surface area contributed by atoms with E-state index < -0.39 is 5.97 Å². The summed E-state index contributed by atoms with van der Waals surface area (Å²) >= 11 is 1.48. The third kappa shape index (κ3) is 2.73. The van der Waals surface area contributed by atoms with Crippen LogP contribution in [0.1, 0.15) is 15.2 Å². The van der Waals surface area contributed by atoms with Gasteiger partial charge in [-0.1, -0.05) is 0 Å². The fraction of sp³-hybridized carbons (Fsp3) is 0.0909. The van der Waals surface area contributed by atoms with Gasteiger partial charge in [-0.15, -0.1) is 11.3 Å². The Kier molecular flexibility index (Phi) is 3.24. The van der Waals surface area contributed by atoms with Crippen molar-refractivity contribution in [1.82, 2.24) is 4.98 Å². The number of nitrogens with zero attached hydrogens (tertiary/aromatic N) is 1. The Morgan fingerprint density at radius 2 is 2.35 bits per heavy atom. The highest BCUT2D eigenvalue weighted by Crippen LogP contribution is 2.21. The van der Waals surface area contributed by atoms with Gasteiger partial charge in [-0.05, 0) is 18.2 Å². The lowest BCUT2D eigenvalue weighted by atomic mass is 10.2. The number of carboxylic acid groups (broad SMARTS) is 1. The molecule has 0 aliphatic heterocycles. The quantitative estimate of drug-likeness (QED) is 0.810. The van der Waals surface area contributed by atoms with E-state index >= 15 is 0 Å². The van der Waals surface area contributed by atoms with Gasteiger partial charge in [0.15, 0.2) is 0 Å². The number of ether oxygens (including phenoxy) is 1. The van der Waals surface area contributed by atoms with Crippen molar-refractivity contribution in [2.24, 2.45) is 0 Å². The molecule has 1 aromatic heterocycles. The maximum Gasteiger partial charge on any atom is 0.337 e.